The zero-order valence-electron chi connectivity index (χ0n) is 14.2. The van der Waals surface area contributed by atoms with Crippen LogP contribution in [0.2, 0.25) is 5.02 Å². The number of carbonyl (C=O) groups excluding carboxylic acids is 1. The van der Waals surface area contributed by atoms with Gasteiger partial charge in [-0.2, -0.15) is 4.31 Å². The van der Waals surface area contributed by atoms with Crippen molar-refractivity contribution < 1.29 is 13.2 Å². The number of benzene rings is 2. The second kappa shape index (κ2) is 8.47. The molecule has 0 aliphatic rings. The van der Waals surface area contributed by atoms with Crippen molar-refractivity contribution in [1.82, 2.24) is 9.62 Å². The molecule has 0 fully saturated rings. The Hall–Kier alpha value is -1.89. The highest BCUT2D eigenvalue weighted by atomic mass is 35.5. The Morgan fingerprint density at radius 2 is 1.68 bits per heavy atom. The second-order valence-corrected chi connectivity index (χ2v) is 8.22. The van der Waals surface area contributed by atoms with Crippen molar-refractivity contribution in [2.75, 3.05) is 12.8 Å². The number of halogens is 1. The van der Waals surface area contributed by atoms with Crippen LogP contribution in [0.1, 0.15) is 16.7 Å². The molecule has 5 nitrogen and oxygen atoms in total. The van der Waals surface area contributed by atoms with Gasteiger partial charge in [-0.25, -0.2) is 8.42 Å². The molecule has 2 aromatic rings. The monoisotopic (exact) mass is 380 g/mol. The van der Waals surface area contributed by atoms with Crippen molar-refractivity contribution in [3.63, 3.8) is 0 Å². The van der Waals surface area contributed by atoms with Gasteiger partial charge in [-0.1, -0.05) is 54.1 Å². The lowest BCUT2D eigenvalue weighted by atomic mass is 10.1. The number of sulfonamides is 1. The molecule has 25 heavy (non-hydrogen) atoms. The van der Waals surface area contributed by atoms with Crippen molar-refractivity contribution in [2.45, 2.75) is 20.0 Å². The van der Waals surface area contributed by atoms with E-state index in [4.69, 9.17) is 11.6 Å². The van der Waals surface area contributed by atoms with Gasteiger partial charge in [0.05, 0.1) is 12.8 Å². The molecule has 7 heteroatoms. The number of rotatable bonds is 7. The van der Waals surface area contributed by atoms with Gasteiger partial charge >= 0.3 is 0 Å². The summed E-state index contributed by atoms with van der Waals surface area (Å²) in [7, 11) is -3.55. The van der Waals surface area contributed by atoms with Gasteiger partial charge in [0.15, 0.2) is 0 Å². The van der Waals surface area contributed by atoms with E-state index in [1.54, 1.807) is 24.3 Å². The fourth-order valence-electron chi connectivity index (χ4n) is 2.33. The molecule has 0 spiro atoms. The number of hydrogen-bond acceptors (Lipinski definition) is 3. The average Bonchev–Trinajstić information content (AvgIpc) is 2.54. The Balaban J connectivity index is 2.03. The number of nitrogens with zero attached hydrogens (tertiary/aromatic N) is 1. The Morgan fingerprint density at radius 1 is 1.08 bits per heavy atom. The van der Waals surface area contributed by atoms with Crippen LogP contribution in [0, 0.1) is 6.92 Å². The minimum atomic E-state index is -3.55. The summed E-state index contributed by atoms with van der Waals surface area (Å²) in [6.07, 6.45) is 1.08. The van der Waals surface area contributed by atoms with Crippen molar-refractivity contribution in [2.24, 2.45) is 0 Å². The fourth-order valence-corrected chi connectivity index (χ4v) is 3.25. The highest BCUT2D eigenvalue weighted by Gasteiger charge is 2.21. The summed E-state index contributed by atoms with van der Waals surface area (Å²) in [6.45, 7) is 2.11. The van der Waals surface area contributed by atoms with Crippen molar-refractivity contribution in [1.29, 1.82) is 0 Å². The predicted octanol–water partition coefficient (Wildman–Crippen LogP) is 2.73. The predicted molar refractivity (Wildman–Crippen MR) is 99.7 cm³/mol. The van der Waals surface area contributed by atoms with Crippen LogP contribution >= 0.6 is 11.6 Å². The third-order valence-electron chi connectivity index (χ3n) is 3.83. The molecule has 0 atom stereocenters. The molecule has 0 saturated heterocycles. The molecule has 2 rings (SSSR count). The summed E-state index contributed by atoms with van der Waals surface area (Å²) >= 11 is 6.09. The molecule has 0 unspecified atom stereocenters. The lowest BCUT2D eigenvalue weighted by molar-refractivity contribution is -0.121. The average molecular weight is 381 g/mol. The summed E-state index contributed by atoms with van der Waals surface area (Å²) in [5.74, 6) is -0.360. The number of carbonyl (C=O) groups is 1. The largest absolute Gasteiger partial charge is 0.351 e. The second-order valence-electron chi connectivity index (χ2n) is 5.83. The standard InChI is InChI=1S/C18H21ClN2O3S/c1-14-7-3-4-8-15(14)11-20-18(22)13-21(25(2,23)24)12-16-9-5-6-10-17(16)19/h3-10H,11-13H2,1-2H3,(H,20,22). The van der Waals surface area contributed by atoms with E-state index in [-0.39, 0.29) is 19.0 Å². The third kappa shape index (κ3) is 5.85. The van der Waals surface area contributed by atoms with E-state index >= 15 is 0 Å². The van der Waals surface area contributed by atoms with Gasteiger partial charge < -0.3 is 5.32 Å². The Kier molecular flexibility index (Phi) is 6.58. The zero-order chi connectivity index (χ0) is 18.4. The molecule has 0 aliphatic carbocycles. The van der Waals surface area contributed by atoms with Gasteiger partial charge in [-0.3, -0.25) is 4.79 Å². The molecule has 1 amide bonds. The highest BCUT2D eigenvalue weighted by Crippen LogP contribution is 2.18. The summed E-state index contributed by atoms with van der Waals surface area (Å²) < 4.78 is 25.1. The summed E-state index contributed by atoms with van der Waals surface area (Å²) in [6, 6.07) is 14.7. The minimum Gasteiger partial charge on any atom is -0.351 e. The van der Waals surface area contributed by atoms with Crippen LogP contribution in [0.4, 0.5) is 0 Å². The first-order chi connectivity index (χ1) is 11.8. The van der Waals surface area contributed by atoms with E-state index in [0.29, 0.717) is 17.1 Å². The maximum absolute atomic E-state index is 12.2. The van der Waals surface area contributed by atoms with Crippen molar-refractivity contribution >= 4 is 27.5 Å². The van der Waals surface area contributed by atoms with Crippen LogP contribution in [0.25, 0.3) is 0 Å². The SMILES string of the molecule is Cc1ccccc1CNC(=O)CN(Cc1ccccc1Cl)S(C)(=O)=O. The molecule has 0 heterocycles. The quantitative estimate of drug-likeness (QED) is 0.803. The molecule has 1 N–H and O–H groups in total. The molecule has 0 radical (unpaired) electrons. The topological polar surface area (TPSA) is 66.5 Å². The fraction of sp³-hybridized carbons (Fsp3) is 0.278. The number of amides is 1. The molecule has 134 valence electrons. The van der Waals surface area contributed by atoms with Crippen molar-refractivity contribution in [3.8, 4) is 0 Å². The third-order valence-corrected chi connectivity index (χ3v) is 5.40. The smallest absolute Gasteiger partial charge is 0.235 e. The molecular weight excluding hydrogens is 360 g/mol. The van der Waals surface area contributed by atoms with E-state index in [1.165, 1.54) is 0 Å². The number of aryl methyl sites for hydroxylation is 1. The molecule has 0 aliphatic heterocycles. The lowest BCUT2D eigenvalue weighted by Gasteiger charge is -2.20. The number of nitrogens with one attached hydrogen (secondary N) is 1. The van der Waals surface area contributed by atoms with Gasteiger partial charge in [0.2, 0.25) is 15.9 Å². The lowest BCUT2D eigenvalue weighted by Crippen LogP contribution is -2.39. The highest BCUT2D eigenvalue weighted by molar-refractivity contribution is 7.88. The van der Waals surface area contributed by atoms with Gasteiger partial charge in [-0.15, -0.1) is 0 Å². The van der Waals surface area contributed by atoms with Crippen molar-refractivity contribution in [3.05, 3.63) is 70.2 Å². The number of hydrogen-bond donors (Lipinski definition) is 1. The molecule has 0 aromatic heterocycles. The molecule has 0 bridgehead atoms. The Morgan fingerprint density at radius 3 is 2.28 bits per heavy atom. The van der Waals surface area contributed by atoms with Crippen LogP contribution in [0.15, 0.2) is 48.5 Å². The zero-order valence-corrected chi connectivity index (χ0v) is 15.8. The van der Waals surface area contributed by atoms with Crippen LogP contribution < -0.4 is 5.32 Å². The Labute approximate surface area is 153 Å². The molecule has 2 aromatic carbocycles. The molecular formula is C18H21ClN2O3S. The maximum Gasteiger partial charge on any atom is 0.235 e. The van der Waals surface area contributed by atoms with E-state index in [1.807, 2.05) is 31.2 Å². The van der Waals surface area contributed by atoms with E-state index in [2.05, 4.69) is 5.32 Å². The summed E-state index contributed by atoms with van der Waals surface area (Å²) in [5, 5.41) is 3.23. The summed E-state index contributed by atoms with van der Waals surface area (Å²) in [5.41, 5.74) is 2.72. The van der Waals surface area contributed by atoms with Crippen LogP contribution in [-0.2, 0) is 27.9 Å². The first-order valence-corrected chi connectivity index (χ1v) is 9.99. The van der Waals surface area contributed by atoms with Gasteiger partial charge in [0.25, 0.3) is 0 Å². The minimum absolute atomic E-state index is 0.0519. The molecule has 0 saturated carbocycles. The van der Waals surface area contributed by atoms with Crippen LogP contribution in [0.5, 0.6) is 0 Å². The maximum atomic E-state index is 12.2. The van der Waals surface area contributed by atoms with E-state index < -0.39 is 10.0 Å². The van der Waals surface area contributed by atoms with Gasteiger partial charge in [-0.05, 0) is 29.7 Å². The van der Waals surface area contributed by atoms with E-state index in [9.17, 15) is 13.2 Å². The normalized spacial score (nSPS) is 11.5. The van der Waals surface area contributed by atoms with Gasteiger partial charge in [0, 0.05) is 18.1 Å². The van der Waals surface area contributed by atoms with Crippen LogP contribution in [0.3, 0.4) is 0 Å². The Bertz CT molecular complexity index is 853. The summed E-state index contributed by atoms with van der Waals surface area (Å²) in [4.78, 5) is 12.2. The first kappa shape index (κ1) is 19.4. The van der Waals surface area contributed by atoms with Crippen LogP contribution in [-0.4, -0.2) is 31.4 Å². The van der Waals surface area contributed by atoms with E-state index in [0.717, 1.165) is 21.7 Å². The van der Waals surface area contributed by atoms with Gasteiger partial charge in [0.1, 0.15) is 0 Å². The first-order valence-electron chi connectivity index (χ1n) is 7.77.